The summed E-state index contributed by atoms with van der Waals surface area (Å²) in [4.78, 5) is 0. The molecule has 0 saturated heterocycles. The van der Waals surface area contributed by atoms with E-state index in [1.807, 2.05) is 0 Å². The quantitative estimate of drug-likeness (QED) is 0.644. The van der Waals surface area contributed by atoms with Gasteiger partial charge in [0.15, 0.2) is 0 Å². The van der Waals surface area contributed by atoms with Crippen LogP contribution in [0.1, 0.15) is 13.8 Å². The van der Waals surface area contributed by atoms with Crippen molar-refractivity contribution in [3.05, 3.63) is 30.1 Å². The van der Waals surface area contributed by atoms with Gasteiger partial charge in [0, 0.05) is 19.7 Å². The zero-order valence-corrected chi connectivity index (χ0v) is 12.1. The number of hydrogen-bond acceptors (Lipinski definition) is 4. The molecule has 0 aromatic heterocycles. The van der Waals surface area contributed by atoms with Crippen molar-refractivity contribution in [2.45, 2.75) is 20.0 Å². The summed E-state index contributed by atoms with van der Waals surface area (Å²) < 4.78 is 23.4. The van der Waals surface area contributed by atoms with E-state index in [4.69, 9.17) is 9.47 Å². The van der Waals surface area contributed by atoms with Crippen molar-refractivity contribution in [2.24, 2.45) is 5.92 Å². The summed E-state index contributed by atoms with van der Waals surface area (Å²) in [5, 5.41) is 12.8. The molecule has 1 aromatic rings. The average Bonchev–Trinajstić information content (AvgIpc) is 2.41. The van der Waals surface area contributed by atoms with Gasteiger partial charge in [0.2, 0.25) is 0 Å². The molecular formula is C15H24FNO3. The van der Waals surface area contributed by atoms with Crippen LogP contribution in [-0.4, -0.2) is 44.1 Å². The fraction of sp³-hybridized carbons (Fsp3) is 0.600. The molecule has 0 aliphatic heterocycles. The zero-order valence-electron chi connectivity index (χ0n) is 12.1. The second-order valence-corrected chi connectivity index (χ2v) is 5.09. The van der Waals surface area contributed by atoms with Crippen molar-refractivity contribution in [3.8, 4) is 5.75 Å². The van der Waals surface area contributed by atoms with Crippen LogP contribution in [0, 0.1) is 11.7 Å². The minimum atomic E-state index is -0.606. The van der Waals surface area contributed by atoms with Crippen molar-refractivity contribution in [3.63, 3.8) is 0 Å². The maximum atomic E-state index is 12.7. The highest BCUT2D eigenvalue weighted by atomic mass is 19.1. The Balaban J connectivity index is 2.03. The average molecular weight is 285 g/mol. The van der Waals surface area contributed by atoms with Gasteiger partial charge in [-0.1, -0.05) is 13.8 Å². The van der Waals surface area contributed by atoms with Gasteiger partial charge in [-0.05, 0) is 30.2 Å². The van der Waals surface area contributed by atoms with E-state index in [1.54, 1.807) is 0 Å². The van der Waals surface area contributed by atoms with E-state index in [9.17, 15) is 9.50 Å². The smallest absolute Gasteiger partial charge is 0.123 e. The lowest BCUT2D eigenvalue weighted by atomic mass is 10.2. The molecule has 1 unspecified atom stereocenters. The number of benzene rings is 1. The Morgan fingerprint density at radius 2 is 1.90 bits per heavy atom. The molecule has 0 heterocycles. The largest absolute Gasteiger partial charge is 0.491 e. The number of aliphatic hydroxyl groups excluding tert-OH is 1. The van der Waals surface area contributed by atoms with Gasteiger partial charge in [-0.2, -0.15) is 0 Å². The Morgan fingerprint density at radius 3 is 2.55 bits per heavy atom. The SMILES string of the molecule is CC(C)COCCNCC(O)COc1ccc(F)cc1. The molecule has 0 fully saturated rings. The molecule has 0 amide bonds. The summed E-state index contributed by atoms with van der Waals surface area (Å²) in [6, 6.07) is 5.72. The predicted molar refractivity (Wildman–Crippen MR) is 76.4 cm³/mol. The number of halogens is 1. The molecule has 0 saturated carbocycles. The first-order chi connectivity index (χ1) is 9.58. The molecule has 0 bridgehead atoms. The van der Waals surface area contributed by atoms with Crippen LogP contribution in [0.15, 0.2) is 24.3 Å². The number of nitrogens with one attached hydrogen (secondary N) is 1. The zero-order chi connectivity index (χ0) is 14.8. The van der Waals surface area contributed by atoms with E-state index >= 15 is 0 Å². The van der Waals surface area contributed by atoms with Crippen molar-refractivity contribution >= 4 is 0 Å². The Kier molecular flexibility index (Phi) is 8.18. The number of hydrogen-bond donors (Lipinski definition) is 2. The highest BCUT2D eigenvalue weighted by molar-refractivity contribution is 5.22. The lowest BCUT2D eigenvalue weighted by Gasteiger charge is -2.13. The summed E-state index contributed by atoms with van der Waals surface area (Å²) in [5.74, 6) is 0.774. The van der Waals surface area contributed by atoms with Crippen LogP contribution in [0.3, 0.4) is 0 Å². The third kappa shape index (κ3) is 8.09. The summed E-state index contributed by atoms with van der Waals surface area (Å²) in [6.07, 6.45) is -0.606. The number of ether oxygens (including phenoxy) is 2. The molecule has 0 aliphatic rings. The molecule has 5 heteroatoms. The van der Waals surface area contributed by atoms with Crippen LogP contribution < -0.4 is 10.1 Å². The molecule has 0 aliphatic carbocycles. The Bertz CT molecular complexity index is 357. The van der Waals surface area contributed by atoms with E-state index in [1.165, 1.54) is 24.3 Å². The molecule has 4 nitrogen and oxygen atoms in total. The van der Waals surface area contributed by atoms with E-state index in [2.05, 4.69) is 19.2 Å². The van der Waals surface area contributed by atoms with Gasteiger partial charge in [-0.3, -0.25) is 0 Å². The van der Waals surface area contributed by atoms with Gasteiger partial charge >= 0.3 is 0 Å². The van der Waals surface area contributed by atoms with Crippen LogP contribution in [0.4, 0.5) is 4.39 Å². The molecule has 114 valence electrons. The third-order valence-corrected chi connectivity index (χ3v) is 2.51. The highest BCUT2D eigenvalue weighted by Gasteiger charge is 2.05. The van der Waals surface area contributed by atoms with Crippen molar-refractivity contribution in [1.82, 2.24) is 5.32 Å². The highest BCUT2D eigenvalue weighted by Crippen LogP contribution is 2.11. The molecule has 20 heavy (non-hydrogen) atoms. The minimum Gasteiger partial charge on any atom is -0.491 e. The second-order valence-electron chi connectivity index (χ2n) is 5.09. The lowest BCUT2D eigenvalue weighted by Crippen LogP contribution is -2.33. The molecule has 1 rings (SSSR count). The van der Waals surface area contributed by atoms with E-state index in [0.29, 0.717) is 31.4 Å². The Hall–Kier alpha value is -1.17. The third-order valence-electron chi connectivity index (χ3n) is 2.51. The molecular weight excluding hydrogens is 261 g/mol. The van der Waals surface area contributed by atoms with Crippen LogP contribution >= 0.6 is 0 Å². The number of rotatable bonds is 10. The van der Waals surface area contributed by atoms with E-state index in [-0.39, 0.29) is 12.4 Å². The molecule has 1 aromatic carbocycles. The first-order valence-corrected chi connectivity index (χ1v) is 6.93. The van der Waals surface area contributed by atoms with Gasteiger partial charge < -0.3 is 19.9 Å². The maximum absolute atomic E-state index is 12.7. The van der Waals surface area contributed by atoms with E-state index < -0.39 is 6.10 Å². The van der Waals surface area contributed by atoms with Crippen molar-refractivity contribution < 1.29 is 19.0 Å². The maximum Gasteiger partial charge on any atom is 0.123 e. The second kappa shape index (κ2) is 9.69. The van der Waals surface area contributed by atoms with Gasteiger partial charge in [-0.25, -0.2) is 4.39 Å². The molecule has 0 radical (unpaired) electrons. The fourth-order valence-electron chi connectivity index (χ4n) is 1.51. The number of aliphatic hydroxyl groups is 1. The molecule has 0 spiro atoms. The normalized spacial score (nSPS) is 12.7. The summed E-state index contributed by atoms with van der Waals surface area (Å²) in [6.45, 7) is 6.88. The van der Waals surface area contributed by atoms with Crippen LogP contribution in [0.2, 0.25) is 0 Å². The van der Waals surface area contributed by atoms with Crippen LogP contribution in [-0.2, 0) is 4.74 Å². The van der Waals surface area contributed by atoms with Crippen LogP contribution in [0.5, 0.6) is 5.75 Å². The Labute approximate surface area is 119 Å². The summed E-state index contributed by atoms with van der Waals surface area (Å²) in [7, 11) is 0. The van der Waals surface area contributed by atoms with Crippen molar-refractivity contribution in [1.29, 1.82) is 0 Å². The first kappa shape index (κ1) is 16.9. The summed E-state index contributed by atoms with van der Waals surface area (Å²) in [5.41, 5.74) is 0. The lowest BCUT2D eigenvalue weighted by molar-refractivity contribution is 0.0924. The van der Waals surface area contributed by atoms with Gasteiger partial charge in [0.05, 0.1) is 6.61 Å². The van der Waals surface area contributed by atoms with Crippen LogP contribution in [0.25, 0.3) is 0 Å². The standard InChI is InChI=1S/C15H24FNO3/c1-12(2)10-19-8-7-17-9-14(18)11-20-15-5-3-13(16)4-6-15/h3-6,12,14,17-18H,7-11H2,1-2H3. The van der Waals surface area contributed by atoms with E-state index in [0.717, 1.165) is 6.61 Å². The topological polar surface area (TPSA) is 50.7 Å². The van der Waals surface area contributed by atoms with Gasteiger partial charge in [0.25, 0.3) is 0 Å². The monoisotopic (exact) mass is 285 g/mol. The predicted octanol–water partition coefficient (Wildman–Crippen LogP) is 1.83. The van der Waals surface area contributed by atoms with Crippen molar-refractivity contribution in [2.75, 3.05) is 32.9 Å². The first-order valence-electron chi connectivity index (χ1n) is 6.93. The van der Waals surface area contributed by atoms with Gasteiger partial charge in [0.1, 0.15) is 24.3 Å². The van der Waals surface area contributed by atoms with Gasteiger partial charge in [-0.15, -0.1) is 0 Å². The summed E-state index contributed by atoms with van der Waals surface area (Å²) >= 11 is 0. The fourth-order valence-corrected chi connectivity index (χ4v) is 1.51. The molecule has 1 atom stereocenters. The minimum absolute atomic E-state index is 0.172. The molecule has 2 N–H and O–H groups in total. The Morgan fingerprint density at radius 1 is 1.20 bits per heavy atom.